The number of nitrogens with one attached hydrogen (secondary N) is 1. The van der Waals surface area contributed by atoms with Gasteiger partial charge in [0, 0.05) is 11.8 Å². The van der Waals surface area contributed by atoms with E-state index < -0.39 is 0 Å². The number of thiophene rings is 1. The average molecular weight is 271 g/mol. The lowest BCUT2D eigenvalue weighted by atomic mass is 10.4. The van der Waals surface area contributed by atoms with Crippen molar-refractivity contribution < 1.29 is 0 Å². The molecule has 0 aliphatic carbocycles. The Hall–Kier alpha value is -0.940. The summed E-state index contributed by atoms with van der Waals surface area (Å²) in [5, 5.41) is 0. The van der Waals surface area contributed by atoms with Gasteiger partial charge in [-0.2, -0.15) is 0 Å². The summed E-state index contributed by atoms with van der Waals surface area (Å²) in [5.41, 5.74) is 0.616. The van der Waals surface area contributed by atoms with Crippen molar-refractivity contribution >= 4 is 27.3 Å². The van der Waals surface area contributed by atoms with Crippen molar-refractivity contribution in [2.75, 3.05) is 0 Å². The van der Waals surface area contributed by atoms with Gasteiger partial charge in [-0.25, -0.2) is 4.98 Å². The van der Waals surface area contributed by atoms with Gasteiger partial charge in [-0.15, -0.1) is 11.3 Å². The molecule has 1 N–H and O–H groups in total. The first-order valence-corrected chi connectivity index (χ1v) is 5.60. The van der Waals surface area contributed by atoms with E-state index in [1.807, 2.05) is 12.1 Å². The molecule has 0 aromatic carbocycles. The van der Waals surface area contributed by atoms with E-state index >= 15 is 0 Å². The number of hydrogen-bond donors (Lipinski definition) is 1. The fraction of sp³-hybridized carbons (Fsp3) is 0.111. The molecule has 0 saturated carbocycles. The Morgan fingerprint density at radius 1 is 1.50 bits per heavy atom. The van der Waals surface area contributed by atoms with Gasteiger partial charge in [0.05, 0.1) is 8.66 Å². The van der Waals surface area contributed by atoms with E-state index in [9.17, 15) is 4.79 Å². The number of H-pyrrole nitrogens is 1. The molecule has 2 rings (SSSR count). The van der Waals surface area contributed by atoms with Crippen LogP contribution >= 0.6 is 27.3 Å². The van der Waals surface area contributed by atoms with Gasteiger partial charge in [0.15, 0.2) is 5.82 Å². The topological polar surface area (TPSA) is 45.8 Å². The molecule has 3 nitrogen and oxygen atoms in total. The summed E-state index contributed by atoms with van der Waals surface area (Å²) in [6.07, 6.45) is 0. The number of hydrogen-bond acceptors (Lipinski definition) is 3. The van der Waals surface area contributed by atoms with Crippen LogP contribution in [0.15, 0.2) is 26.8 Å². The first-order valence-electron chi connectivity index (χ1n) is 3.99. The highest BCUT2D eigenvalue weighted by Gasteiger charge is 2.04. The second-order valence-electron chi connectivity index (χ2n) is 2.84. The number of aromatic nitrogens is 2. The first-order chi connectivity index (χ1) is 6.65. The van der Waals surface area contributed by atoms with Gasteiger partial charge in [-0.1, -0.05) is 0 Å². The number of aryl methyl sites for hydroxylation is 1. The van der Waals surface area contributed by atoms with Gasteiger partial charge in [0.1, 0.15) is 0 Å². The van der Waals surface area contributed by atoms with E-state index in [0.717, 1.165) is 14.4 Å². The van der Waals surface area contributed by atoms with E-state index in [4.69, 9.17) is 0 Å². The van der Waals surface area contributed by atoms with E-state index in [0.29, 0.717) is 5.82 Å². The van der Waals surface area contributed by atoms with Crippen LogP contribution in [0.3, 0.4) is 0 Å². The van der Waals surface area contributed by atoms with E-state index in [-0.39, 0.29) is 5.56 Å². The Morgan fingerprint density at radius 3 is 2.86 bits per heavy atom. The molecule has 0 amide bonds. The normalized spacial score (nSPS) is 10.4. The largest absolute Gasteiger partial charge is 0.306 e. The quantitative estimate of drug-likeness (QED) is 0.866. The lowest BCUT2D eigenvalue weighted by molar-refractivity contribution is 1.08. The van der Waals surface area contributed by atoms with Gasteiger partial charge in [0.2, 0.25) is 0 Å². The Kier molecular flexibility index (Phi) is 2.52. The monoisotopic (exact) mass is 270 g/mol. The zero-order valence-electron chi connectivity index (χ0n) is 7.37. The molecule has 2 aromatic rings. The molecule has 5 heteroatoms. The molecule has 2 aromatic heterocycles. The highest BCUT2D eigenvalue weighted by atomic mass is 79.9. The van der Waals surface area contributed by atoms with E-state index in [1.54, 1.807) is 18.3 Å². The summed E-state index contributed by atoms with van der Waals surface area (Å²) in [4.78, 5) is 19.1. The van der Waals surface area contributed by atoms with Crippen molar-refractivity contribution in [3.05, 3.63) is 38.0 Å². The smallest absolute Gasteiger partial charge is 0.251 e. The third-order valence-electron chi connectivity index (χ3n) is 1.68. The fourth-order valence-electron chi connectivity index (χ4n) is 1.14. The summed E-state index contributed by atoms with van der Waals surface area (Å²) < 4.78 is 1.02. The minimum absolute atomic E-state index is 0.114. The van der Waals surface area contributed by atoms with Gasteiger partial charge in [0.25, 0.3) is 5.56 Å². The van der Waals surface area contributed by atoms with Crippen LogP contribution in [-0.4, -0.2) is 9.97 Å². The second kappa shape index (κ2) is 3.67. The molecule has 0 atom stereocenters. The van der Waals surface area contributed by atoms with Gasteiger partial charge in [-0.3, -0.25) is 4.79 Å². The van der Waals surface area contributed by atoms with Gasteiger partial charge < -0.3 is 4.98 Å². The maximum absolute atomic E-state index is 11.2. The van der Waals surface area contributed by atoms with Crippen molar-refractivity contribution in [2.24, 2.45) is 0 Å². The molecule has 0 radical (unpaired) electrons. The fourth-order valence-corrected chi connectivity index (χ4v) is 2.47. The van der Waals surface area contributed by atoms with Crippen molar-refractivity contribution in [3.8, 4) is 10.7 Å². The van der Waals surface area contributed by atoms with Crippen molar-refractivity contribution in [1.29, 1.82) is 0 Å². The predicted octanol–water partition coefficient (Wildman–Crippen LogP) is 2.57. The molecule has 2 heterocycles. The molecule has 0 bridgehead atoms. The molecule has 0 spiro atoms. The molecule has 0 aliphatic rings. The summed E-state index contributed by atoms with van der Waals surface area (Å²) in [6.45, 7) is 1.81. The van der Waals surface area contributed by atoms with Crippen molar-refractivity contribution in [3.63, 3.8) is 0 Å². The lowest BCUT2D eigenvalue weighted by Gasteiger charge is -1.96. The van der Waals surface area contributed by atoms with Gasteiger partial charge in [-0.05, 0) is 35.0 Å². The third kappa shape index (κ3) is 1.93. The van der Waals surface area contributed by atoms with Crippen molar-refractivity contribution in [2.45, 2.75) is 6.92 Å². The zero-order chi connectivity index (χ0) is 10.1. The highest BCUT2D eigenvalue weighted by molar-refractivity contribution is 9.11. The molecular formula is C9H7BrN2OS. The number of nitrogens with zero attached hydrogens (tertiary/aromatic N) is 1. The van der Waals surface area contributed by atoms with Crippen molar-refractivity contribution in [1.82, 2.24) is 9.97 Å². The van der Waals surface area contributed by atoms with Crippen LogP contribution in [0.25, 0.3) is 10.7 Å². The van der Waals surface area contributed by atoms with Crippen LogP contribution < -0.4 is 5.56 Å². The lowest BCUT2D eigenvalue weighted by Crippen LogP contribution is -2.07. The summed E-state index contributed by atoms with van der Waals surface area (Å²) in [7, 11) is 0. The Labute approximate surface area is 93.0 Å². The third-order valence-corrected chi connectivity index (χ3v) is 3.31. The van der Waals surface area contributed by atoms with Crippen LogP contribution in [0.1, 0.15) is 5.69 Å². The number of aromatic amines is 1. The molecule has 0 saturated heterocycles. The molecule has 0 aliphatic heterocycles. The minimum Gasteiger partial charge on any atom is -0.306 e. The minimum atomic E-state index is -0.114. The van der Waals surface area contributed by atoms with Crippen LogP contribution in [0.4, 0.5) is 0 Å². The molecule has 14 heavy (non-hydrogen) atoms. The van der Waals surface area contributed by atoms with E-state index in [1.165, 1.54) is 6.07 Å². The Bertz CT molecular complexity index is 518. The number of rotatable bonds is 1. The van der Waals surface area contributed by atoms with Crippen LogP contribution in [0, 0.1) is 6.92 Å². The van der Waals surface area contributed by atoms with Crippen LogP contribution in [-0.2, 0) is 0 Å². The molecule has 72 valence electrons. The average Bonchev–Trinajstić information content (AvgIpc) is 2.50. The number of halogens is 1. The van der Waals surface area contributed by atoms with Crippen LogP contribution in [0.5, 0.6) is 0 Å². The maximum atomic E-state index is 11.2. The highest BCUT2D eigenvalue weighted by Crippen LogP contribution is 2.28. The predicted molar refractivity (Wildman–Crippen MR) is 60.6 cm³/mol. The standard InChI is InChI=1S/C9H7BrN2OS/c1-5-4-8(13)12-9(11-5)6-2-3-7(10)14-6/h2-4H,1H3,(H,11,12,13). The summed E-state index contributed by atoms with van der Waals surface area (Å²) >= 11 is 4.91. The van der Waals surface area contributed by atoms with Crippen LogP contribution in [0.2, 0.25) is 0 Å². The first kappa shape index (κ1) is 9.61. The second-order valence-corrected chi connectivity index (χ2v) is 5.30. The summed E-state index contributed by atoms with van der Waals surface area (Å²) in [6, 6.07) is 5.33. The van der Waals surface area contributed by atoms with Gasteiger partial charge >= 0.3 is 0 Å². The SMILES string of the molecule is Cc1cc(=O)[nH]c(-c2ccc(Br)s2)n1. The Morgan fingerprint density at radius 2 is 2.29 bits per heavy atom. The summed E-state index contributed by atoms with van der Waals surface area (Å²) in [5.74, 6) is 0.630. The maximum Gasteiger partial charge on any atom is 0.251 e. The molecular weight excluding hydrogens is 264 g/mol. The molecule has 0 unspecified atom stereocenters. The van der Waals surface area contributed by atoms with E-state index in [2.05, 4.69) is 25.9 Å². The Balaban J connectivity index is 2.56. The molecule has 0 fully saturated rings. The zero-order valence-corrected chi connectivity index (χ0v) is 9.78.